The Morgan fingerprint density at radius 3 is 2.72 bits per heavy atom. The summed E-state index contributed by atoms with van der Waals surface area (Å²) in [6.07, 6.45) is 1.17. The number of nitrogens with one attached hydrogen (secondary N) is 2. The second-order valence-electron chi connectivity index (χ2n) is 6.75. The predicted molar refractivity (Wildman–Crippen MR) is 112 cm³/mol. The highest BCUT2D eigenvalue weighted by atomic mass is 16.5. The van der Waals surface area contributed by atoms with Crippen molar-refractivity contribution >= 4 is 28.9 Å². The molecule has 150 valence electrons. The number of nitrogens with zero attached hydrogens (tertiary/aromatic N) is 2. The number of anilines is 3. The van der Waals surface area contributed by atoms with Crippen molar-refractivity contribution in [1.82, 2.24) is 0 Å². The van der Waals surface area contributed by atoms with Gasteiger partial charge in [-0.2, -0.15) is 5.26 Å². The molecule has 1 heterocycles. The van der Waals surface area contributed by atoms with E-state index < -0.39 is 6.04 Å². The third-order valence-corrected chi connectivity index (χ3v) is 4.60. The topological polar surface area (TPSA) is 94.5 Å². The zero-order chi connectivity index (χ0) is 20.6. The Morgan fingerprint density at radius 1 is 1.24 bits per heavy atom. The summed E-state index contributed by atoms with van der Waals surface area (Å²) in [4.78, 5) is 27.1. The van der Waals surface area contributed by atoms with E-state index in [1.54, 1.807) is 24.3 Å². The van der Waals surface area contributed by atoms with Gasteiger partial charge in [-0.1, -0.05) is 19.1 Å². The lowest BCUT2D eigenvalue weighted by atomic mass is 10.0. The largest absolute Gasteiger partial charge is 0.494 e. The van der Waals surface area contributed by atoms with Gasteiger partial charge in [0.25, 0.3) is 0 Å². The van der Waals surface area contributed by atoms with Crippen molar-refractivity contribution in [2.24, 2.45) is 0 Å². The van der Waals surface area contributed by atoms with Gasteiger partial charge in [-0.15, -0.1) is 0 Å². The Hall–Kier alpha value is -3.53. The van der Waals surface area contributed by atoms with Crippen LogP contribution in [0, 0.1) is 11.3 Å². The van der Waals surface area contributed by atoms with Gasteiger partial charge >= 0.3 is 0 Å². The van der Waals surface area contributed by atoms with Crippen molar-refractivity contribution in [3.8, 4) is 11.8 Å². The van der Waals surface area contributed by atoms with E-state index >= 15 is 0 Å². The van der Waals surface area contributed by atoms with Crippen LogP contribution in [0.3, 0.4) is 0 Å². The smallest absolute Gasteiger partial charge is 0.247 e. The van der Waals surface area contributed by atoms with Gasteiger partial charge in [0.15, 0.2) is 0 Å². The first kappa shape index (κ1) is 20.2. The average Bonchev–Trinajstić information content (AvgIpc) is 2.73. The number of fused-ring (bicyclic) bond motifs is 1. The summed E-state index contributed by atoms with van der Waals surface area (Å²) in [5.74, 6) is 0.226. The summed E-state index contributed by atoms with van der Waals surface area (Å²) in [5, 5.41) is 14.7. The maximum Gasteiger partial charge on any atom is 0.247 e. The Labute approximate surface area is 170 Å². The van der Waals surface area contributed by atoms with Crippen LogP contribution in [0.1, 0.15) is 26.2 Å². The fraction of sp³-hybridized carbons (Fsp3) is 0.318. The lowest BCUT2D eigenvalue weighted by Crippen LogP contribution is -2.50. The Morgan fingerprint density at radius 2 is 2.00 bits per heavy atom. The molecule has 2 aromatic rings. The van der Waals surface area contributed by atoms with Crippen LogP contribution < -0.4 is 20.3 Å². The van der Waals surface area contributed by atoms with Gasteiger partial charge in [0.05, 0.1) is 36.9 Å². The maximum atomic E-state index is 12.6. The second kappa shape index (κ2) is 9.60. The van der Waals surface area contributed by atoms with Gasteiger partial charge in [-0.05, 0) is 42.8 Å². The van der Waals surface area contributed by atoms with Gasteiger partial charge in [0.1, 0.15) is 11.8 Å². The summed E-state index contributed by atoms with van der Waals surface area (Å²) in [7, 11) is 0. The monoisotopic (exact) mass is 392 g/mol. The van der Waals surface area contributed by atoms with E-state index in [4.69, 9.17) is 10.00 Å². The average molecular weight is 392 g/mol. The normalized spacial score (nSPS) is 15.1. The third-order valence-electron chi connectivity index (χ3n) is 4.60. The van der Waals surface area contributed by atoms with Crippen LogP contribution in [0.5, 0.6) is 5.75 Å². The fourth-order valence-electron chi connectivity index (χ4n) is 3.25. The van der Waals surface area contributed by atoms with Crippen LogP contribution >= 0.6 is 0 Å². The molecule has 0 aromatic heterocycles. The summed E-state index contributed by atoms with van der Waals surface area (Å²) < 4.78 is 5.54. The molecule has 7 nitrogen and oxygen atoms in total. The number of rotatable bonds is 8. The zero-order valence-electron chi connectivity index (χ0n) is 16.4. The van der Waals surface area contributed by atoms with Crippen molar-refractivity contribution < 1.29 is 14.3 Å². The maximum absolute atomic E-state index is 12.6. The highest BCUT2D eigenvalue weighted by molar-refractivity contribution is 6.06. The van der Waals surface area contributed by atoms with Crippen LogP contribution in [-0.2, 0) is 9.59 Å². The van der Waals surface area contributed by atoms with Gasteiger partial charge in [0.2, 0.25) is 11.8 Å². The van der Waals surface area contributed by atoms with Crippen molar-refractivity contribution in [2.45, 2.75) is 32.2 Å². The molecule has 2 amide bonds. The molecular formula is C22H24N4O3. The fourth-order valence-corrected chi connectivity index (χ4v) is 3.25. The van der Waals surface area contributed by atoms with Gasteiger partial charge < -0.3 is 20.3 Å². The van der Waals surface area contributed by atoms with Crippen LogP contribution in [0.2, 0.25) is 0 Å². The van der Waals surface area contributed by atoms with Crippen LogP contribution in [0.25, 0.3) is 0 Å². The zero-order valence-corrected chi connectivity index (χ0v) is 16.4. The molecule has 2 N–H and O–H groups in total. The Kier molecular flexibility index (Phi) is 6.69. The molecule has 0 saturated heterocycles. The van der Waals surface area contributed by atoms with E-state index in [9.17, 15) is 9.59 Å². The first-order valence-electron chi connectivity index (χ1n) is 9.68. The summed E-state index contributed by atoms with van der Waals surface area (Å²) in [5.41, 5.74) is 2.14. The van der Waals surface area contributed by atoms with Crippen molar-refractivity contribution in [3.63, 3.8) is 0 Å². The minimum Gasteiger partial charge on any atom is -0.494 e. The minimum atomic E-state index is -0.676. The molecule has 3 rings (SSSR count). The number of nitriles is 1. The summed E-state index contributed by atoms with van der Waals surface area (Å²) >= 11 is 0. The minimum absolute atomic E-state index is 0.0142. The highest BCUT2D eigenvalue weighted by Gasteiger charge is 2.34. The second-order valence-corrected chi connectivity index (χ2v) is 6.75. The van der Waals surface area contributed by atoms with Crippen LogP contribution in [-0.4, -0.2) is 31.0 Å². The summed E-state index contributed by atoms with van der Waals surface area (Å²) in [6.45, 7) is 3.05. The van der Waals surface area contributed by atoms with Crippen molar-refractivity contribution in [2.75, 3.05) is 28.7 Å². The van der Waals surface area contributed by atoms with Gasteiger partial charge in [-0.25, -0.2) is 0 Å². The van der Waals surface area contributed by atoms with E-state index in [0.29, 0.717) is 24.5 Å². The molecular weight excluding hydrogens is 368 g/mol. The van der Waals surface area contributed by atoms with Crippen molar-refractivity contribution in [3.05, 3.63) is 48.5 Å². The number of para-hydroxylation sites is 2. The number of hydrogen-bond donors (Lipinski definition) is 2. The lowest BCUT2D eigenvalue weighted by Gasteiger charge is -2.37. The third kappa shape index (κ3) is 5.05. The lowest BCUT2D eigenvalue weighted by molar-refractivity contribution is -0.122. The van der Waals surface area contributed by atoms with Crippen LogP contribution in [0.15, 0.2) is 48.5 Å². The molecule has 7 heteroatoms. The number of amides is 2. The number of ether oxygens (including phenoxy) is 1. The number of benzene rings is 2. The van der Waals surface area contributed by atoms with Crippen molar-refractivity contribution in [1.29, 1.82) is 5.26 Å². The number of carbonyl (C=O) groups excluding carboxylic acids is 2. The predicted octanol–water partition coefficient (Wildman–Crippen LogP) is 3.54. The van der Waals surface area contributed by atoms with Gasteiger partial charge in [0, 0.05) is 12.2 Å². The first-order chi connectivity index (χ1) is 14.1. The molecule has 0 fully saturated rings. The molecule has 0 radical (unpaired) electrons. The molecule has 1 atom stereocenters. The molecule has 0 spiro atoms. The standard InChI is InChI=1S/C22H24N4O3/c1-2-14-29-17-10-8-16(9-11-17)24-21(27)15-20-22(28)25-18-6-3-4-7-19(18)26(20)13-5-12-23/h3-4,6-11,20H,2,5,13-15H2,1H3,(H,24,27)(H,25,28)/t20-/m1/s1. The van der Waals surface area contributed by atoms with Gasteiger partial charge in [-0.3, -0.25) is 9.59 Å². The molecule has 0 unspecified atom stereocenters. The van der Waals surface area contributed by atoms with E-state index in [2.05, 4.69) is 16.7 Å². The first-order valence-corrected chi connectivity index (χ1v) is 9.68. The molecule has 0 aliphatic carbocycles. The number of carbonyl (C=O) groups is 2. The molecule has 29 heavy (non-hydrogen) atoms. The quantitative estimate of drug-likeness (QED) is 0.716. The Balaban J connectivity index is 1.69. The van der Waals surface area contributed by atoms with E-state index in [1.165, 1.54) is 0 Å². The highest BCUT2D eigenvalue weighted by Crippen LogP contribution is 2.33. The van der Waals surface area contributed by atoms with E-state index in [1.807, 2.05) is 36.1 Å². The molecule has 2 aromatic carbocycles. The molecule has 1 aliphatic heterocycles. The van der Waals surface area contributed by atoms with E-state index in [-0.39, 0.29) is 24.7 Å². The van der Waals surface area contributed by atoms with E-state index in [0.717, 1.165) is 17.9 Å². The number of hydrogen-bond acceptors (Lipinski definition) is 5. The molecule has 1 aliphatic rings. The molecule has 0 bridgehead atoms. The SMILES string of the molecule is CCCOc1ccc(NC(=O)C[C@@H]2C(=O)Nc3ccccc3N2CCC#N)cc1. The van der Waals surface area contributed by atoms with Crippen LogP contribution in [0.4, 0.5) is 17.1 Å². The molecule has 0 saturated carbocycles. The summed E-state index contributed by atoms with van der Waals surface area (Å²) in [6, 6.07) is 16.0. The Bertz CT molecular complexity index is 905.